The first-order chi connectivity index (χ1) is 15.5. The minimum Gasteiger partial charge on any atom is -0.351 e. The molecule has 1 aromatic heterocycles. The summed E-state index contributed by atoms with van der Waals surface area (Å²) < 4.78 is 28.9. The second kappa shape index (κ2) is 8.63. The Morgan fingerprint density at radius 1 is 1.03 bits per heavy atom. The van der Waals surface area contributed by atoms with Crippen molar-refractivity contribution in [2.45, 2.75) is 49.2 Å². The largest absolute Gasteiger partial charge is 0.351 e. The van der Waals surface area contributed by atoms with Gasteiger partial charge in [-0.05, 0) is 49.9 Å². The van der Waals surface area contributed by atoms with Crippen molar-refractivity contribution in [1.82, 2.24) is 20.1 Å². The first-order valence-corrected chi connectivity index (χ1v) is 12.6. The number of pyridine rings is 1. The van der Waals surface area contributed by atoms with E-state index in [0.29, 0.717) is 24.4 Å². The fourth-order valence-corrected chi connectivity index (χ4v) is 6.06. The molecule has 0 radical (unpaired) electrons. The van der Waals surface area contributed by atoms with E-state index in [0.717, 1.165) is 44.6 Å². The second-order valence-corrected chi connectivity index (χ2v) is 10.2. The second-order valence-electron chi connectivity index (χ2n) is 8.62. The molecule has 2 fully saturated rings. The highest BCUT2D eigenvalue weighted by Gasteiger charge is 2.39. The van der Waals surface area contributed by atoms with Gasteiger partial charge in [-0.3, -0.25) is 14.7 Å². The molecule has 0 aliphatic carbocycles. The van der Waals surface area contributed by atoms with E-state index < -0.39 is 10.0 Å². The standard InChI is InChI=1S/C23H27N5O3S/c29-23(25-17-10-14-27(15-11-17)16-18-6-3-4-12-24-18)20-8-5-13-28(20)22-19-7-1-2-9-21(19)32(30,31)26-22/h1-4,6-7,9,12,17,20H,5,8,10-11,13-16H2,(H,25,29)/t20-/m0/s1. The minimum absolute atomic E-state index is 0.0323. The van der Waals surface area contributed by atoms with Crippen molar-refractivity contribution in [3.8, 4) is 0 Å². The zero-order valence-corrected chi connectivity index (χ0v) is 18.7. The van der Waals surface area contributed by atoms with Crippen molar-refractivity contribution in [3.63, 3.8) is 0 Å². The van der Waals surface area contributed by atoms with Crippen LogP contribution in [0.4, 0.5) is 0 Å². The fourth-order valence-electron chi connectivity index (χ4n) is 4.84. The van der Waals surface area contributed by atoms with Crippen LogP contribution in [0.15, 0.2) is 58.0 Å². The quantitative estimate of drug-likeness (QED) is 0.758. The van der Waals surface area contributed by atoms with Crippen LogP contribution in [-0.2, 0) is 21.4 Å². The molecule has 4 heterocycles. The molecule has 0 spiro atoms. The molecule has 168 valence electrons. The zero-order valence-electron chi connectivity index (χ0n) is 17.9. The minimum atomic E-state index is -3.70. The molecule has 9 heteroatoms. The molecule has 0 bridgehead atoms. The van der Waals surface area contributed by atoms with Crippen LogP contribution in [0.2, 0.25) is 0 Å². The van der Waals surface area contributed by atoms with Crippen LogP contribution in [0.25, 0.3) is 0 Å². The van der Waals surface area contributed by atoms with E-state index >= 15 is 0 Å². The summed E-state index contributed by atoms with van der Waals surface area (Å²) in [6.07, 6.45) is 5.13. The topological polar surface area (TPSA) is 95.0 Å². The average Bonchev–Trinajstić information content (AvgIpc) is 3.39. The molecule has 5 rings (SSSR count). The predicted octanol–water partition coefficient (Wildman–Crippen LogP) is 1.78. The lowest BCUT2D eigenvalue weighted by Crippen LogP contribution is -2.51. The van der Waals surface area contributed by atoms with Gasteiger partial charge in [-0.2, -0.15) is 8.42 Å². The van der Waals surface area contributed by atoms with Crippen molar-refractivity contribution >= 4 is 21.8 Å². The highest BCUT2D eigenvalue weighted by Crippen LogP contribution is 2.31. The Kier molecular flexibility index (Phi) is 5.69. The summed E-state index contributed by atoms with van der Waals surface area (Å²) in [5, 5.41) is 3.22. The van der Waals surface area contributed by atoms with Gasteiger partial charge in [0.25, 0.3) is 10.0 Å². The maximum absolute atomic E-state index is 13.1. The Morgan fingerprint density at radius 2 is 1.81 bits per heavy atom. The first kappa shape index (κ1) is 21.1. The third kappa shape index (κ3) is 4.14. The van der Waals surface area contributed by atoms with Gasteiger partial charge >= 0.3 is 0 Å². The van der Waals surface area contributed by atoms with E-state index in [2.05, 4.69) is 19.6 Å². The number of hydrogen-bond donors (Lipinski definition) is 1. The van der Waals surface area contributed by atoms with Crippen molar-refractivity contribution in [3.05, 3.63) is 59.9 Å². The highest BCUT2D eigenvalue weighted by atomic mass is 32.2. The summed E-state index contributed by atoms with van der Waals surface area (Å²) in [4.78, 5) is 22.0. The summed E-state index contributed by atoms with van der Waals surface area (Å²) in [5.41, 5.74) is 1.65. The Labute approximate surface area is 188 Å². The number of amides is 1. The third-order valence-electron chi connectivity index (χ3n) is 6.49. The van der Waals surface area contributed by atoms with E-state index in [1.54, 1.807) is 24.3 Å². The first-order valence-electron chi connectivity index (χ1n) is 11.1. The normalized spacial score (nSPS) is 23.1. The lowest BCUT2D eigenvalue weighted by Gasteiger charge is -2.33. The number of carbonyl (C=O) groups excluding carboxylic acids is 1. The Hall–Kier alpha value is -2.78. The van der Waals surface area contributed by atoms with Crippen molar-refractivity contribution in [2.24, 2.45) is 4.40 Å². The smallest absolute Gasteiger partial charge is 0.285 e. The van der Waals surface area contributed by atoms with E-state index in [1.807, 2.05) is 29.3 Å². The predicted molar refractivity (Wildman–Crippen MR) is 121 cm³/mol. The Balaban J connectivity index is 1.21. The average molecular weight is 454 g/mol. The number of hydrogen-bond acceptors (Lipinski definition) is 6. The van der Waals surface area contributed by atoms with Crippen LogP contribution in [0.1, 0.15) is 36.9 Å². The van der Waals surface area contributed by atoms with Crippen LogP contribution < -0.4 is 5.32 Å². The number of likely N-dealkylation sites (tertiary alicyclic amines) is 2. The van der Waals surface area contributed by atoms with Crippen molar-refractivity contribution in [1.29, 1.82) is 0 Å². The maximum atomic E-state index is 13.1. The number of carbonyl (C=O) groups is 1. The molecule has 0 saturated carbocycles. The number of nitrogens with one attached hydrogen (secondary N) is 1. The van der Waals surface area contributed by atoms with Gasteiger partial charge < -0.3 is 10.2 Å². The van der Waals surface area contributed by atoms with Gasteiger partial charge in [-0.15, -0.1) is 4.40 Å². The number of benzene rings is 1. The van der Waals surface area contributed by atoms with Crippen molar-refractivity contribution < 1.29 is 13.2 Å². The maximum Gasteiger partial charge on any atom is 0.285 e. The molecule has 2 aromatic rings. The van der Waals surface area contributed by atoms with Gasteiger partial charge in [0, 0.05) is 44.0 Å². The molecule has 0 unspecified atom stereocenters. The van der Waals surface area contributed by atoms with E-state index in [4.69, 9.17) is 0 Å². The molecular weight excluding hydrogens is 426 g/mol. The molecule has 1 amide bonds. The van der Waals surface area contributed by atoms with Gasteiger partial charge in [0.15, 0.2) is 5.84 Å². The molecule has 1 atom stereocenters. The summed E-state index contributed by atoms with van der Waals surface area (Å²) >= 11 is 0. The molecule has 1 aromatic carbocycles. The number of amidine groups is 1. The summed E-state index contributed by atoms with van der Waals surface area (Å²) in [6.45, 7) is 3.28. The fraction of sp³-hybridized carbons (Fsp3) is 0.435. The molecule has 2 saturated heterocycles. The number of fused-ring (bicyclic) bond motifs is 1. The summed E-state index contributed by atoms with van der Waals surface area (Å²) in [5.74, 6) is 0.374. The van der Waals surface area contributed by atoms with Gasteiger partial charge in [0.2, 0.25) is 5.91 Å². The third-order valence-corrected chi connectivity index (χ3v) is 7.81. The lowest BCUT2D eigenvalue weighted by atomic mass is 10.0. The molecule has 8 nitrogen and oxygen atoms in total. The molecule has 1 N–H and O–H groups in total. The Morgan fingerprint density at radius 3 is 2.59 bits per heavy atom. The molecule has 3 aliphatic rings. The monoisotopic (exact) mass is 453 g/mol. The highest BCUT2D eigenvalue weighted by molar-refractivity contribution is 7.90. The van der Waals surface area contributed by atoms with Gasteiger partial charge in [-0.1, -0.05) is 18.2 Å². The SMILES string of the molecule is O=C(NC1CCN(Cc2ccccn2)CC1)[C@@H]1CCCN1C1=NS(=O)(=O)c2ccccc21. The number of sulfonamides is 1. The molecular formula is C23H27N5O3S. The van der Waals surface area contributed by atoms with E-state index in [-0.39, 0.29) is 22.9 Å². The number of piperidine rings is 1. The number of rotatable bonds is 4. The van der Waals surface area contributed by atoms with Gasteiger partial charge in [-0.25, -0.2) is 0 Å². The van der Waals surface area contributed by atoms with E-state index in [1.165, 1.54) is 0 Å². The van der Waals surface area contributed by atoms with Crippen LogP contribution in [-0.4, -0.2) is 66.7 Å². The van der Waals surface area contributed by atoms with Gasteiger partial charge in [0.1, 0.15) is 10.9 Å². The van der Waals surface area contributed by atoms with E-state index in [9.17, 15) is 13.2 Å². The molecule has 3 aliphatic heterocycles. The van der Waals surface area contributed by atoms with Crippen molar-refractivity contribution in [2.75, 3.05) is 19.6 Å². The van der Waals surface area contributed by atoms with Crippen LogP contribution in [0.3, 0.4) is 0 Å². The number of nitrogens with zero attached hydrogens (tertiary/aromatic N) is 4. The van der Waals surface area contributed by atoms with Crippen LogP contribution in [0, 0.1) is 0 Å². The Bertz CT molecular complexity index is 1130. The van der Waals surface area contributed by atoms with Crippen LogP contribution >= 0.6 is 0 Å². The summed E-state index contributed by atoms with van der Waals surface area (Å²) in [6, 6.07) is 12.5. The van der Waals surface area contributed by atoms with Crippen LogP contribution in [0.5, 0.6) is 0 Å². The lowest BCUT2D eigenvalue weighted by molar-refractivity contribution is -0.125. The molecule has 32 heavy (non-hydrogen) atoms. The zero-order chi connectivity index (χ0) is 22.1. The number of aromatic nitrogens is 1. The van der Waals surface area contributed by atoms with Gasteiger partial charge in [0.05, 0.1) is 5.69 Å². The summed E-state index contributed by atoms with van der Waals surface area (Å²) in [7, 11) is -3.70.